The van der Waals surface area contributed by atoms with Crippen LogP contribution < -0.4 is 22.3 Å². The number of nitrogens with one attached hydrogen (secondary N) is 2. The lowest BCUT2D eigenvalue weighted by Crippen LogP contribution is -2.35. The van der Waals surface area contributed by atoms with Gasteiger partial charge >= 0.3 is 5.69 Å². The van der Waals surface area contributed by atoms with E-state index in [1.807, 2.05) is 20.1 Å². The van der Waals surface area contributed by atoms with Crippen LogP contribution in [0.1, 0.15) is 26.7 Å². The summed E-state index contributed by atoms with van der Waals surface area (Å²) in [6.07, 6.45) is 3.79. The Labute approximate surface area is 116 Å². The highest BCUT2D eigenvalue weighted by molar-refractivity contribution is 7.98. The maximum atomic E-state index is 11.8. The molecule has 19 heavy (non-hydrogen) atoms. The molecule has 1 atom stereocenters. The van der Waals surface area contributed by atoms with Crippen molar-refractivity contribution in [3.8, 4) is 0 Å². The topological polar surface area (TPSA) is 92.9 Å². The molecule has 0 saturated heterocycles. The summed E-state index contributed by atoms with van der Waals surface area (Å²) in [5.41, 5.74) is 5.33. The van der Waals surface area contributed by atoms with Crippen molar-refractivity contribution < 1.29 is 0 Å². The molecule has 0 aliphatic rings. The van der Waals surface area contributed by atoms with Gasteiger partial charge in [0.15, 0.2) is 0 Å². The molecule has 108 valence electrons. The quantitative estimate of drug-likeness (QED) is 0.697. The Kier molecular flexibility index (Phi) is 6.01. The van der Waals surface area contributed by atoms with Crippen molar-refractivity contribution in [2.75, 3.05) is 23.1 Å². The number of nitrogen functional groups attached to an aromatic ring is 1. The van der Waals surface area contributed by atoms with Crippen LogP contribution in [-0.2, 0) is 6.54 Å². The first-order valence-electron chi connectivity index (χ1n) is 6.39. The molecular weight excluding hydrogens is 264 g/mol. The molecular formula is C12H22N4O2S. The van der Waals surface area contributed by atoms with E-state index >= 15 is 0 Å². The van der Waals surface area contributed by atoms with E-state index in [1.54, 1.807) is 11.8 Å². The molecule has 1 unspecified atom stereocenters. The van der Waals surface area contributed by atoms with E-state index in [0.717, 1.165) is 18.6 Å². The highest BCUT2D eigenvalue weighted by Crippen LogP contribution is 2.13. The van der Waals surface area contributed by atoms with Crippen LogP contribution in [0.5, 0.6) is 0 Å². The molecule has 0 amide bonds. The van der Waals surface area contributed by atoms with Gasteiger partial charge in [0.25, 0.3) is 5.56 Å². The van der Waals surface area contributed by atoms with E-state index < -0.39 is 11.2 Å². The van der Waals surface area contributed by atoms with E-state index in [1.165, 1.54) is 4.57 Å². The van der Waals surface area contributed by atoms with Gasteiger partial charge in [-0.2, -0.15) is 11.8 Å². The van der Waals surface area contributed by atoms with Gasteiger partial charge in [-0.25, -0.2) is 4.79 Å². The Morgan fingerprint density at radius 3 is 2.74 bits per heavy atom. The van der Waals surface area contributed by atoms with Gasteiger partial charge in [0.05, 0.1) is 0 Å². The second kappa shape index (κ2) is 7.28. The van der Waals surface area contributed by atoms with Gasteiger partial charge in [-0.15, -0.1) is 0 Å². The van der Waals surface area contributed by atoms with E-state index in [2.05, 4.69) is 10.3 Å². The van der Waals surface area contributed by atoms with Gasteiger partial charge in [-0.05, 0) is 19.6 Å². The van der Waals surface area contributed by atoms with Gasteiger partial charge in [-0.3, -0.25) is 14.3 Å². The number of nitrogens with zero attached hydrogens (tertiary/aromatic N) is 1. The van der Waals surface area contributed by atoms with Crippen molar-refractivity contribution in [1.29, 1.82) is 0 Å². The second-order valence-corrected chi connectivity index (χ2v) is 5.44. The normalized spacial score (nSPS) is 12.4. The first-order valence-corrected chi connectivity index (χ1v) is 7.78. The van der Waals surface area contributed by atoms with Crippen LogP contribution >= 0.6 is 11.8 Å². The standard InChI is InChI=1S/C12H22N4O2S/c1-4-5-6-16-10(13)9(11(17)15-12(16)18)14-8(2)7-19-3/h8,14H,4-7,13H2,1-3H3,(H,15,17,18). The molecule has 1 aromatic rings. The zero-order valence-electron chi connectivity index (χ0n) is 11.7. The Hall–Kier alpha value is -1.37. The number of aromatic nitrogens is 2. The number of aromatic amines is 1. The van der Waals surface area contributed by atoms with Crippen molar-refractivity contribution in [3.05, 3.63) is 20.8 Å². The summed E-state index contributed by atoms with van der Waals surface area (Å²) in [7, 11) is 0. The van der Waals surface area contributed by atoms with Crippen molar-refractivity contribution in [3.63, 3.8) is 0 Å². The summed E-state index contributed by atoms with van der Waals surface area (Å²) in [5.74, 6) is 1.07. The lowest BCUT2D eigenvalue weighted by atomic mass is 10.3. The van der Waals surface area contributed by atoms with E-state index in [0.29, 0.717) is 6.54 Å². The lowest BCUT2D eigenvalue weighted by Gasteiger charge is -2.17. The molecule has 0 bridgehead atoms. The van der Waals surface area contributed by atoms with E-state index in [-0.39, 0.29) is 17.5 Å². The van der Waals surface area contributed by atoms with Gasteiger partial charge in [0.1, 0.15) is 11.5 Å². The molecule has 0 radical (unpaired) electrons. The Bertz CT molecular complexity index is 523. The number of rotatable bonds is 7. The molecule has 0 aliphatic carbocycles. The SMILES string of the molecule is CCCCn1c(N)c(NC(C)CSC)c(=O)[nH]c1=O. The monoisotopic (exact) mass is 286 g/mol. The third-order valence-corrected chi connectivity index (χ3v) is 3.62. The highest BCUT2D eigenvalue weighted by atomic mass is 32.2. The largest absolute Gasteiger partial charge is 0.383 e. The summed E-state index contributed by atoms with van der Waals surface area (Å²) in [5, 5.41) is 3.07. The van der Waals surface area contributed by atoms with Crippen molar-refractivity contribution in [2.45, 2.75) is 39.3 Å². The van der Waals surface area contributed by atoms with Crippen molar-refractivity contribution in [2.24, 2.45) is 0 Å². The van der Waals surface area contributed by atoms with E-state index in [4.69, 9.17) is 5.73 Å². The van der Waals surface area contributed by atoms with Crippen molar-refractivity contribution >= 4 is 23.3 Å². The van der Waals surface area contributed by atoms with Gasteiger partial charge in [0.2, 0.25) is 0 Å². The average Bonchev–Trinajstić information content (AvgIpc) is 2.34. The molecule has 1 aromatic heterocycles. The number of anilines is 2. The number of H-pyrrole nitrogens is 1. The summed E-state index contributed by atoms with van der Waals surface area (Å²) in [4.78, 5) is 25.8. The Balaban J connectivity index is 3.10. The van der Waals surface area contributed by atoms with Crippen LogP contribution in [-0.4, -0.2) is 27.6 Å². The maximum absolute atomic E-state index is 11.8. The zero-order chi connectivity index (χ0) is 14.4. The molecule has 4 N–H and O–H groups in total. The van der Waals surface area contributed by atoms with Crippen LogP contribution in [0.3, 0.4) is 0 Å². The number of nitrogens with two attached hydrogens (primary N) is 1. The van der Waals surface area contributed by atoms with Gasteiger partial charge in [-0.1, -0.05) is 13.3 Å². The molecule has 0 saturated carbocycles. The molecule has 6 nitrogen and oxygen atoms in total. The van der Waals surface area contributed by atoms with Crippen molar-refractivity contribution in [1.82, 2.24) is 9.55 Å². The minimum Gasteiger partial charge on any atom is -0.383 e. The Morgan fingerprint density at radius 1 is 1.47 bits per heavy atom. The number of hydrogen-bond acceptors (Lipinski definition) is 5. The maximum Gasteiger partial charge on any atom is 0.330 e. The van der Waals surface area contributed by atoms with Crippen LogP contribution in [0.2, 0.25) is 0 Å². The minimum absolute atomic E-state index is 0.107. The van der Waals surface area contributed by atoms with Gasteiger partial charge in [0, 0.05) is 18.3 Å². The molecule has 1 heterocycles. The lowest BCUT2D eigenvalue weighted by molar-refractivity contribution is 0.605. The second-order valence-electron chi connectivity index (χ2n) is 4.53. The fraction of sp³-hybridized carbons (Fsp3) is 0.667. The molecule has 1 rings (SSSR count). The summed E-state index contributed by atoms with van der Waals surface area (Å²) < 4.78 is 1.42. The minimum atomic E-state index is -0.455. The number of hydrogen-bond donors (Lipinski definition) is 3. The highest BCUT2D eigenvalue weighted by Gasteiger charge is 2.13. The van der Waals surface area contributed by atoms with Crippen LogP contribution in [0.25, 0.3) is 0 Å². The number of thioether (sulfide) groups is 1. The number of unbranched alkanes of at least 4 members (excludes halogenated alkanes) is 1. The Morgan fingerprint density at radius 2 is 2.16 bits per heavy atom. The summed E-state index contributed by atoms with van der Waals surface area (Å²) in [6, 6.07) is 0.107. The van der Waals surface area contributed by atoms with Gasteiger partial charge < -0.3 is 11.1 Å². The fourth-order valence-corrected chi connectivity index (χ4v) is 2.39. The van der Waals surface area contributed by atoms with Crippen LogP contribution in [0.4, 0.5) is 11.5 Å². The first-order chi connectivity index (χ1) is 9.01. The summed E-state index contributed by atoms with van der Waals surface area (Å²) >= 11 is 1.68. The molecule has 0 aliphatic heterocycles. The van der Waals surface area contributed by atoms with Crippen LogP contribution in [0.15, 0.2) is 9.59 Å². The van der Waals surface area contributed by atoms with Crippen LogP contribution in [0, 0.1) is 0 Å². The third-order valence-electron chi connectivity index (χ3n) is 2.78. The average molecular weight is 286 g/mol. The predicted octanol–water partition coefficient (Wildman–Crippen LogP) is 1.08. The summed E-state index contributed by atoms with van der Waals surface area (Å²) in [6.45, 7) is 4.52. The zero-order valence-corrected chi connectivity index (χ0v) is 12.5. The predicted molar refractivity (Wildman–Crippen MR) is 82.1 cm³/mol. The first kappa shape index (κ1) is 15.7. The third kappa shape index (κ3) is 4.05. The molecule has 7 heteroatoms. The van der Waals surface area contributed by atoms with E-state index in [9.17, 15) is 9.59 Å². The molecule has 0 fully saturated rings. The molecule has 0 aromatic carbocycles. The smallest absolute Gasteiger partial charge is 0.330 e. The fourth-order valence-electron chi connectivity index (χ4n) is 1.80. The molecule has 0 spiro atoms.